The van der Waals surface area contributed by atoms with Crippen molar-refractivity contribution in [1.82, 2.24) is 0 Å². The number of isocyanates is 1. The maximum Gasteiger partial charge on any atom is 0.236 e. The van der Waals surface area contributed by atoms with Crippen LogP contribution in [-0.2, 0) is 4.79 Å². The zero-order valence-electron chi connectivity index (χ0n) is 8.79. The maximum atomic E-state index is 10.3. The molecule has 14 heavy (non-hydrogen) atoms. The van der Waals surface area contributed by atoms with Gasteiger partial charge in [0.2, 0.25) is 6.08 Å². The van der Waals surface area contributed by atoms with Crippen LogP contribution in [0.2, 0.25) is 0 Å². The summed E-state index contributed by atoms with van der Waals surface area (Å²) < 4.78 is 0. The van der Waals surface area contributed by atoms with Crippen molar-refractivity contribution < 1.29 is 4.79 Å². The lowest BCUT2D eigenvalue weighted by Gasteiger charge is -2.33. The summed E-state index contributed by atoms with van der Waals surface area (Å²) in [5.41, 5.74) is -0.769. The van der Waals surface area contributed by atoms with Crippen LogP contribution in [0.1, 0.15) is 39.5 Å². The highest BCUT2D eigenvalue weighted by Crippen LogP contribution is 2.38. The van der Waals surface area contributed by atoms with Crippen LogP contribution in [-0.4, -0.2) is 11.6 Å². The third kappa shape index (κ3) is 2.21. The third-order valence-electron chi connectivity index (χ3n) is 3.18. The number of hydrogen-bond acceptors (Lipinski definition) is 3. The van der Waals surface area contributed by atoms with Crippen molar-refractivity contribution >= 4 is 6.08 Å². The zero-order valence-corrected chi connectivity index (χ0v) is 8.79. The smallest absolute Gasteiger partial charge is 0.211 e. The van der Waals surface area contributed by atoms with Crippen molar-refractivity contribution in [1.29, 1.82) is 5.26 Å². The molecule has 0 amide bonds. The van der Waals surface area contributed by atoms with E-state index in [-0.39, 0.29) is 0 Å². The van der Waals surface area contributed by atoms with E-state index in [1.54, 1.807) is 6.08 Å². The first kappa shape index (κ1) is 10.9. The van der Waals surface area contributed by atoms with E-state index < -0.39 is 5.54 Å². The molecule has 0 radical (unpaired) electrons. The van der Waals surface area contributed by atoms with E-state index in [0.29, 0.717) is 18.3 Å². The second-order valence-electron chi connectivity index (χ2n) is 4.45. The van der Waals surface area contributed by atoms with Crippen molar-refractivity contribution in [3.8, 4) is 6.07 Å². The number of nitrogens with zero attached hydrogens (tertiary/aromatic N) is 2. The number of rotatable bonds is 2. The summed E-state index contributed by atoms with van der Waals surface area (Å²) in [7, 11) is 0. The summed E-state index contributed by atoms with van der Waals surface area (Å²) >= 11 is 0. The Labute approximate surface area is 84.8 Å². The molecule has 0 N–H and O–H groups in total. The minimum atomic E-state index is -0.769. The lowest BCUT2D eigenvalue weighted by molar-refractivity contribution is 0.221. The summed E-state index contributed by atoms with van der Waals surface area (Å²) in [6.07, 6.45) is 5.11. The molecule has 0 spiro atoms. The van der Waals surface area contributed by atoms with E-state index >= 15 is 0 Å². The van der Waals surface area contributed by atoms with E-state index in [0.717, 1.165) is 19.3 Å². The van der Waals surface area contributed by atoms with Gasteiger partial charge < -0.3 is 0 Å². The molecule has 2 unspecified atom stereocenters. The van der Waals surface area contributed by atoms with Gasteiger partial charge in [-0.05, 0) is 37.5 Å². The van der Waals surface area contributed by atoms with Gasteiger partial charge in [0.25, 0.3) is 0 Å². The van der Waals surface area contributed by atoms with E-state index in [9.17, 15) is 4.79 Å². The molecule has 1 fully saturated rings. The number of hydrogen-bond donors (Lipinski definition) is 0. The fraction of sp³-hybridized carbons (Fsp3) is 0.818. The molecule has 0 saturated heterocycles. The molecule has 2 atom stereocenters. The van der Waals surface area contributed by atoms with Gasteiger partial charge in [-0.25, -0.2) is 4.79 Å². The van der Waals surface area contributed by atoms with Crippen molar-refractivity contribution in [2.24, 2.45) is 16.8 Å². The summed E-state index contributed by atoms with van der Waals surface area (Å²) in [5.74, 6) is 1.07. The monoisotopic (exact) mass is 192 g/mol. The molecular formula is C11H16N2O. The van der Waals surface area contributed by atoms with E-state index in [4.69, 9.17) is 5.26 Å². The van der Waals surface area contributed by atoms with Gasteiger partial charge in [0.15, 0.2) is 5.54 Å². The molecular weight excluding hydrogens is 176 g/mol. The molecule has 76 valence electrons. The maximum absolute atomic E-state index is 10.3. The third-order valence-corrected chi connectivity index (χ3v) is 3.18. The average molecular weight is 192 g/mol. The van der Waals surface area contributed by atoms with Gasteiger partial charge >= 0.3 is 0 Å². The largest absolute Gasteiger partial charge is 0.236 e. The summed E-state index contributed by atoms with van der Waals surface area (Å²) in [4.78, 5) is 14.0. The minimum Gasteiger partial charge on any atom is -0.211 e. The highest BCUT2D eigenvalue weighted by atomic mass is 16.1. The highest BCUT2D eigenvalue weighted by Gasteiger charge is 2.37. The Balaban J connectivity index is 2.80. The van der Waals surface area contributed by atoms with Crippen LogP contribution in [0.5, 0.6) is 0 Å². The summed E-state index contributed by atoms with van der Waals surface area (Å²) in [5, 5.41) is 9.05. The molecule has 0 bridgehead atoms. The van der Waals surface area contributed by atoms with Crippen molar-refractivity contribution in [2.45, 2.75) is 45.1 Å². The molecule has 0 heterocycles. The first-order valence-corrected chi connectivity index (χ1v) is 5.14. The lowest BCUT2D eigenvalue weighted by Crippen LogP contribution is -2.33. The minimum absolute atomic E-state index is 0.514. The van der Waals surface area contributed by atoms with Crippen LogP contribution < -0.4 is 0 Å². The number of nitriles is 1. The van der Waals surface area contributed by atoms with Gasteiger partial charge in [-0.1, -0.05) is 13.8 Å². The lowest BCUT2D eigenvalue weighted by atomic mass is 9.73. The second-order valence-corrected chi connectivity index (χ2v) is 4.45. The summed E-state index contributed by atoms with van der Waals surface area (Å²) in [6, 6.07) is 2.17. The predicted molar refractivity (Wildman–Crippen MR) is 53.3 cm³/mol. The average Bonchev–Trinajstić information content (AvgIpc) is 2.18. The number of aliphatic imine (C=N–C) groups is 1. The van der Waals surface area contributed by atoms with Crippen LogP contribution in [0.3, 0.4) is 0 Å². The fourth-order valence-electron chi connectivity index (χ4n) is 2.18. The van der Waals surface area contributed by atoms with Gasteiger partial charge in [-0.2, -0.15) is 10.3 Å². The first-order valence-electron chi connectivity index (χ1n) is 5.14. The molecule has 0 aliphatic heterocycles. The van der Waals surface area contributed by atoms with E-state index in [1.807, 2.05) is 0 Å². The van der Waals surface area contributed by atoms with Gasteiger partial charge in [-0.3, -0.25) is 0 Å². The Bertz CT molecular complexity index is 286. The molecule has 3 heteroatoms. The normalized spacial score (nSPS) is 32.0. The molecule has 1 aliphatic carbocycles. The quantitative estimate of drug-likeness (QED) is 0.498. The van der Waals surface area contributed by atoms with Crippen LogP contribution in [0.15, 0.2) is 4.99 Å². The summed E-state index contributed by atoms with van der Waals surface area (Å²) in [6.45, 7) is 4.31. The first-order chi connectivity index (χ1) is 6.63. The molecule has 1 saturated carbocycles. The van der Waals surface area contributed by atoms with Gasteiger partial charge in [-0.15, -0.1) is 0 Å². The Morgan fingerprint density at radius 1 is 1.57 bits per heavy atom. The van der Waals surface area contributed by atoms with E-state index in [2.05, 4.69) is 24.9 Å². The second kappa shape index (κ2) is 4.39. The molecule has 3 nitrogen and oxygen atoms in total. The van der Waals surface area contributed by atoms with Crippen LogP contribution in [0.25, 0.3) is 0 Å². The predicted octanol–water partition coefficient (Wildman–Crippen LogP) is 2.43. The van der Waals surface area contributed by atoms with Crippen molar-refractivity contribution in [3.05, 3.63) is 0 Å². The fourth-order valence-corrected chi connectivity index (χ4v) is 2.18. The molecule has 1 aliphatic rings. The standard InChI is InChI=1S/C11H16N2O/c1-9(2)10-4-3-5-11(6-10,7-12)13-8-14/h9-10H,3-6H2,1-2H3. The Kier molecular flexibility index (Phi) is 3.43. The van der Waals surface area contributed by atoms with Crippen LogP contribution in [0, 0.1) is 23.2 Å². The molecule has 0 aromatic rings. The SMILES string of the molecule is CC(C)C1CCCC(C#N)(N=C=O)C1. The van der Waals surface area contributed by atoms with Crippen LogP contribution in [0.4, 0.5) is 0 Å². The van der Waals surface area contributed by atoms with Gasteiger partial charge in [0.1, 0.15) is 0 Å². The molecule has 1 rings (SSSR count). The topological polar surface area (TPSA) is 53.2 Å². The van der Waals surface area contributed by atoms with Crippen molar-refractivity contribution in [2.75, 3.05) is 0 Å². The number of carbonyl (C=O) groups excluding carboxylic acids is 1. The zero-order chi connectivity index (χ0) is 10.6. The van der Waals surface area contributed by atoms with Crippen molar-refractivity contribution in [3.63, 3.8) is 0 Å². The highest BCUT2D eigenvalue weighted by molar-refractivity contribution is 5.37. The Morgan fingerprint density at radius 2 is 2.29 bits per heavy atom. The van der Waals surface area contributed by atoms with Gasteiger partial charge in [0, 0.05) is 0 Å². The van der Waals surface area contributed by atoms with E-state index in [1.165, 1.54) is 0 Å². The Morgan fingerprint density at radius 3 is 2.79 bits per heavy atom. The Hall–Kier alpha value is -1.13. The molecule has 0 aromatic carbocycles. The molecule has 0 aromatic heterocycles. The van der Waals surface area contributed by atoms with Crippen LogP contribution >= 0.6 is 0 Å². The van der Waals surface area contributed by atoms with Gasteiger partial charge in [0.05, 0.1) is 6.07 Å².